The Morgan fingerprint density at radius 3 is 2.64 bits per heavy atom. The molecular weight excluding hydrogens is 134 g/mol. The van der Waals surface area contributed by atoms with Crippen LogP contribution in [0.5, 0.6) is 0 Å². The zero-order chi connectivity index (χ0) is 7.68. The van der Waals surface area contributed by atoms with Crippen molar-refractivity contribution in [2.75, 3.05) is 13.1 Å². The van der Waals surface area contributed by atoms with Gasteiger partial charge in [-0.1, -0.05) is 13.3 Å². The summed E-state index contributed by atoms with van der Waals surface area (Å²) in [4.78, 5) is 2.72. The fourth-order valence-corrected chi connectivity index (χ4v) is 2.75. The molecule has 0 aromatic rings. The molecular formula is C10H19N. The Kier molecular flexibility index (Phi) is 2.17. The summed E-state index contributed by atoms with van der Waals surface area (Å²) in [6.07, 6.45) is 7.31. The van der Waals surface area contributed by atoms with Crippen molar-refractivity contribution in [1.82, 2.24) is 4.90 Å². The highest BCUT2D eigenvalue weighted by atomic mass is 15.2. The van der Waals surface area contributed by atoms with Gasteiger partial charge in [0.1, 0.15) is 0 Å². The average Bonchev–Trinajstić information content (AvgIpc) is 2.06. The largest absolute Gasteiger partial charge is 0.300 e. The molecule has 0 N–H and O–H groups in total. The molecule has 0 aromatic heterocycles. The lowest BCUT2D eigenvalue weighted by atomic mass is 9.85. The van der Waals surface area contributed by atoms with Crippen LogP contribution in [0.1, 0.15) is 39.0 Å². The van der Waals surface area contributed by atoms with E-state index in [0.29, 0.717) is 0 Å². The van der Waals surface area contributed by atoms with E-state index >= 15 is 0 Å². The Morgan fingerprint density at radius 1 is 1.00 bits per heavy atom. The monoisotopic (exact) mass is 153 g/mol. The van der Waals surface area contributed by atoms with Crippen LogP contribution in [-0.2, 0) is 0 Å². The Labute approximate surface area is 69.8 Å². The molecule has 1 heteroatoms. The minimum atomic E-state index is 0.956. The van der Waals surface area contributed by atoms with Crippen molar-refractivity contribution in [3.63, 3.8) is 0 Å². The van der Waals surface area contributed by atoms with Crippen molar-refractivity contribution in [2.45, 2.75) is 45.1 Å². The fraction of sp³-hybridized carbons (Fsp3) is 1.00. The van der Waals surface area contributed by atoms with E-state index in [1.807, 2.05) is 0 Å². The van der Waals surface area contributed by atoms with Crippen molar-refractivity contribution in [3.8, 4) is 0 Å². The Hall–Kier alpha value is -0.0400. The van der Waals surface area contributed by atoms with Crippen LogP contribution < -0.4 is 0 Å². The van der Waals surface area contributed by atoms with Crippen LogP contribution in [0.4, 0.5) is 0 Å². The van der Waals surface area contributed by atoms with E-state index in [1.165, 1.54) is 45.2 Å². The van der Waals surface area contributed by atoms with Gasteiger partial charge >= 0.3 is 0 Å². The number of nitrogens with zero attached hydrogens (tertiary/aromatic N) is 1. The van der Waals surface area contributed by atoms with Gasteiger partial charge in [0, 0.05) is 6.04 Å². The average molecular weight is 153 g/mol. The molecule has 2 fully saturated rings. The molecule has 0 spiro atoms. The van der Waals surface area contributed by atoms with Crippen molar-refractivity contribution in [2.24, 2.45) is 5.92 Å². The lowest BCUT2D eigenvalue weighted by molar-refractivity contribution is 0.0674. The molecule has 0 saturated carbocycles. The Morgan fingerprint density at radius 2 is 1.82 bits per heavy atom. The zero-order valence-corrected chi connectivity index (χ0v) is 7.55. The number of hydrogen-bond donors (Lipinski definition) is 0. The maximum Gasteiger partial charge on any atom is 0.0121 e. The standard InChI is InChI=1S/C10H19N/c1-9-5-4-8-11-7-3-2-6-10(9)11/h9-10H,2-8H2,1H3/t9-,10+/m0/s1. The van der Waals surface area contributed by atoms with Gasteiger partial charge in [-0.15, -0.1) is 0 Å². The number of rotatable bonds is 0. The second-order valence-electron chi connectivity index (χ2n) is 4.22. The molecule has 11 heavy (non-hydrogen) atoms. The van der Waals surface area contributed by atoms with Gasteiger partial charge in [0.05, 0.1) is 0 Å². The minimum absolute atomic E-state index is 0.956. The molecule has 0 amide bonds. The molecule has 2 aliphatic heterocycles. The summed E-state index contributed by atoms with van der Waals surface area (Å²) in [6, 6.07) is 0.956. The zero-order valence-electron chi connectivity index (χ0n) is 7.55. The summed E-state index contributed by atoms with van der Waals surface area (Å²) in [5, 5.41) is 0. The van der Waals surface area contributed by atoms with E-state index in [-0.39, 0.29) is 0 Å². The summed E-state index contributed by atoms with van der Waals surface area (Å²) in [7, 11) is 0. The highest BCUT2D eigenvalue weighted by Gasteiger charge is 2.29. The summed E-state index contributed by atoms with van der Waals surface area (Å²) in [6.45, 7) is 5.20. The summed E-state index contributed by atoms with van der Waals surface area (Å²) in [5.41, 5.74) is 0. The SMILES string of the molecule is C[C@H]1CCCN2CCCC[C@H]12. The summed E-state index contributed by atoms with van der Waals surface area (Å²) in [5.74, 6) is 0.976. The van der Waals surface area contributed by atoms with Gasteiger partial charge in [-0.2, -0.15) is 0 Å². The van der Waals surface area contributed by atoms with Gasteiger partial charge in [-0.3, -0.25) is 0 Å². The molecule has 1 nitrogen and oxygen atoms in total. The van der Waals surface area contributed by atoms with Crippen molar-refractivity contribution < 1.29 is 0 Å². The topological polar surface area (TPSA) is 3.24 Å². The lowest BCUT2D eigenvalue weighted by Crippen LogP contribution is -2.46. The third kappa shape index (κ3) is 1.44. The van der Waals surface area contributed by atoms with Crippen LogP contribution in [0.3, 0.4) is 0 Å². The van der Waals surface area contributed by atoms with E-state index in [1.54, 1.807) is 0 Å². The van der Waals surface area contributed by atoms with Crippen LogP contribution in [-0.4, -0.2) is 24.0 Å². The smallest absolute Gasteiger partial charge is 0.0121 e. The second-order valence-corrected chi connectivity index (χ2v) is 4.22. The minimum Gasteiger partial charge on any atom is -0.300 e. The van der Waals surface area contributed by atoms with E-state index < -0.39 is 0 Å². The predicted octanol–water partition coefficient (Wildman–Crippen LogP) is 2.27. The van der Waals surface area contributed by atoms with Crippen LogP contribution in [0.25, 0.3) is 0 Å². The third-order valence-electron chi connectivity index (χ3n) is 3.43. The molecule has 2 rings (SSSR count). The number of hydrogen-bond acceptors (Lipinski definition) is 1. The maximum absolute atomic E-state index is 2.72. The summed E-state index contributed by atoms with van der Waals surface area (Å²) < 4.78 is 0. The van der Waals surface area contributed by atoms with Crippen molar-refractivity contribution in [1.29, 1.82) is 0 Å². The van der Waals surface area contributed by atoms with Gasteiger partial charge in [-0.05, 0) is 44.7 Å². The van der Waals surface area contributed by atoms with Gasteiger partial charge < -0.3 is 4.90 Å². The van der Waals surface area contributed by atoms with Gasteiger partial charge in [-0.25, -0.2) is 0 Å². The quantitative estimate of drug-likeness (QED) is 0.516. The fourth-order valence-electron chi connectivity index (χ4n) is 2.75. The van der Waals surface area contributed by atoms with Crippen LogP contribution >= 0.6 is 0 Å². The van der Waals surface area contributed by atoms with E-state index in [9.17, 15) is 0 Å². The van der Waals surface area contributed by atoms with E-state index in [4.69, 9.17) is 0 Å². The third-order valence-corrected chi connectivity index (χ3v) is 3.43. The van der Waals surface area contributed by atoms with Crippen molar-refractivity contribution >= 4 is 0 Å². The molecule has 0 radical (unpaired) electrons. The molecule has 0 aliphatic carbocycles. The van der Waals surface area contributed by atoms with Gasteiger partial charge in [0.15, 0.2) is 0 Å². The maximum atomic E-state index is 2.72. The first kappa shape index (κ1) is 7.60. The molecule has 0 unspecified atom stereocenters. The molecule has 2 atom stereocenters. The molecule has 2 heterocycles. The second kappa shape index (κ2) is 3.14. The Bertz CT molecular complexity index is 131. The van der Waals surface area contributed by atoms with Crippen LogP contribution in [0, 0.1) is 5.92 Å². The highest BCUT2D eigenvalue weighted by Crippen LogP contribution is 2.29. The Balaban J connectivity index is 1.99. The first-order chi connectivity index (χ1) is 5.38. The van der Waals surface area contributed by atoms with Crippen molar-refractivity contribution in [3.05, 3.63) is 0 Å². The van der Waals surface area contributed by atoms with E-state index in [2.05, 4.69) is 11.8 Å². The number of fused-ring (bicyclic) bond motifs is 1. The normalized spacial score (nSPS) is 40.1. The van der Waals surface area contributed by atoms with Crippen LogP contribution in [0.2, 0.25) is 0 Å². The molecule has 0 bridgehead atoms. The summed E-state index contributed by atoms with van der Waals surface area (Å²) >= 11 is 0. The molecule has 2 aliphatic rings. The molecule has 0 aromatic carbocycles. The first-order valence-corrected chi connectivity index (χ1v) is 5.12. The number of piperidine rings is 2. The predicted molar refractivity (Wildman–Crippen MR) is 47.6 cm³/mol. The molecule has 2 saturated heterocycles. The first-order valence-electron chi connectivity index (χ1n) is 5.12. The molecule has 64 valence electrons. The van der Waals surface area contributed by atoms with Crippen LogP contribution in [0.15, 0.2) is 0 Å². The van der Waals surface area contributed by atoms with Gasteiger partial charge in [0.2, 0.25) is 0 Å². The lowest BCUT2D eigenvalue weighted by Gasteiger charge is -2.43. The van der Waals surface area contributed by atoms with E-state index in [0.717, 1.165) is 12.0 Å². The highest BCUT2D eigenvalue weighted by molar-refractivity contribution is 4.84. The van der Waals surface area contributed by atoms with Gasteiger partial charge in [0.25, 0.3) is 0 Å².